The molecule has 0 radical (unpaired) electrons. The van der Waals surface area contributed by atoms with Crippen LogP contribution >= 0.6 is 11.6 Å². The van der Waals surface area contributed by atoms with Gasteiger partial charge in [-0.15, -0.1) is 0 Å². The van der Waals surface area contributed by atoms with Crippen LogP contribution in [0.25, 0.3) is 11.0 Å². The Bertz CT molecular complexity index is 763. The summed E-state index contributed by atoms with van der Waals surface area (Å²) in [5, 5.41) is 4.16. The summed E-state index contributed by atoms with van der Waals surface area (Å²) in [5.74, 6) is 0. The van der Waals surface area contributed by atoms with Crippen molar-refractivity contribution in [2.45, 2.75) is 19.3 Å². The molecule has 110 valence electrons. The lowest BCUT2D eigenvalue weighted by molar-refractivity contribution is -0.143. The Balaban J connectivity index is 2.07. The summed E-state index contributed by atoms with van der Waals surface area (Å²) in [5.41, 5.74) is -0.637. The minimum absolute atomic E-state index is 0.00309. The fraction of sp³-hybridized carbons (Fsp3) is 0.250. The first-order valence-electron chi connectivity index (χ1n) is 6.01. The van der Waals surface area contributed by atoms with Crippen molar-refractivity contribution in [1.29, 1.82) is 0 Å². The molecule has 0 bridgehead atoms. The van der Waals surface area contributed by atoms with E-state index in [2.05, 4.69) is 15.1 Å². The standard InChI is InChI=1S/C12H9ClF3N5/c13-10-8-6-9(12(14,15)16)21(11(8)18-7-17-10)5-4-20-3-1-2-19-20/h1-3,6-7H,4-5H2. The summed E-state index contributed by atoms with van der Waals surface area (Å²) in [4.78, 5) is 7.62. The number of aromatic nitrogens is 5. The highest BCUT2D eigenvalue weighted by Gasteiger charge is 2.36. The predicted molar refractivity (Wildman–Crippen MR) is 69.8 cm³/mol. The van der Waals surface area contributed by atoms with Crippen molar-refractivity contribution >= 4 is 22.6 Å². The molecule has 0 atom stereocenters. The van der Waals surface area contributed by atoms with Gasteiger partial charge in [-0.2, -0.15) is 18.3 Å². The van der Waals surface area contributed by atoms with E-state index in [0.717, 1.165) is 17.0 Å². The molecule has 3 aromatic rings. The first-order valence-corrected chi connectivity index (χ1v) is 6.39. The SMILES string of the molecule is FC(F)(F)c1cc2c(Cl)ncnc2n1CCn1cccn1. The molecule has 5 nitrogen and oxygen atoms in total. The number of hydrogen-bond donors (Lipinski definition) is 0. The molecule has 0 amide bonds. The lowest BCUT2D eigenvalue weighted by Crippen LogP contribution is -2.16. The maximum absolute atomic E-state index is 13.1. The Morgan fingerprint density at radius 2 is 2.00 bits per heavy atom. The van der Waals surface area contributed by atoms with E-state index in [4.69, 9.17) is 11.6 Å². The third-order valence-corrected chi connectivity index (χ3v) is 3.35. The Hall–Kier alpha value is -2.09. The molecule has 0 saturated carbocycles. The third kappa shape index (κ3) is 2.58. The molecule has 0 saturated heterocycles. The maximum atomic E-state index is 13.1. The lowest BCUT2D eigenvalue weighted by atomic mass is 10.3. The van der Waals surface area contributed by atoms with Crippen LogP contribution in [0.15, 0.2) is 30.9 Å². The molecule has 9 heteroatoms. The monoisotopic (exact) mass is 315 g/mol. The summed E-state index contributed by atoms with van der Waals surface area (Å²) in [6.45, 7) is 0.370. The second kappa shape index (κ2) is 5.03. The summed E-state index contributed by atoms with van der Waals surface area (Å²) < 4.78 is 42.1. The quantitative estimate of drug-likeness (QED) is 0.698. The average molecular weight is 316 g/mol. The highest BCUT2D eigenvalue weighted by molar-refractivity contribution is 6.33. The minimum atomic E-state index is -4.49. The van der Waals surface area contributed by atoms with Crippen LogP contribution in [0.2, 0.25) is 5.15 Å². The molecule has 3 aromatic heterocycles. The molecule has 0 fully saturated rings. The molecular formula is C12H9ClF3N5. The molecule has 0 aliphatic heterocycles. The van der Waals surface area contributed by atoms with E-state index in [-0.39, 0.29) is 22.7 Å². The third-order valence-electron chi connectivity index (χ3n) is 3.04. The van der Waals surface area contributed by atoms with Crippen LogP contribution in [-0.4, -0.2) is 24.3 Å². The van der Waals surface area contributed by atoms with E-state index in [1.165, 1.54) is 0 Å². The van der Waals surface area contributed by atoms with Gasteiger partial charge in [-0.1, -0.05) is 11.6 Å². The van der Waals surface area contributed by atoms with Gasteiger partial charge in [0.05, 0.1) is 11.9 Å². The Labute approximate surface area is 122 Å². The van der Waals surface area contributed by atoms with Gasteiger partial charge in [0.25, 0.3) is 0 Å². The van der Waals surface area contributed by atoms with Crippen molar-refractivity contribution in [2.24, 2.45) is 0 Å². The van der Waals surface area contributed by atoms with Crippen LogP contribution in [-0.2, 0) is 19.3 Å². The highest BCUT2D eigenvalue weighted by atomic mass is 35.5. The van der Waals surface area contributed by atoms with Gasteiger partial charge in [0.1, 0.15) is 22.8 Å². The lowest BCUT2D eigenvalue weighted by Gasteiger charge is -2.12. The number of rotatable bonds is 3. The zero-order valence-corrected chi connectivity index (χ0v) is 11.3. The van der Waals surface area contributed by atoms with E-state index < -0.39 is 11.9 Å². The van der Waals surface area contributed by atoms with Crippen molar-refractivity contribution < 1.29 is 13.2 Å². The first-order chi connectivity index (χ1) is 9.97. The minimum Gasteiger partial charge on any atom is -0.320 e. The first kappa shape index (κ1) is 13.9. The fourth-order valence-corrected chi connectivity index (χ4v) is 2.31. The van der Waals surface area contributed by atoms with Crippen LogP contribution in [0.1, 0.15) is 5.69 Å². The number of hydrogen-bond acceptors (Lipinski definition) is 3. The Morgan fingerprint density at radius 1 is 1.19 bits per heavy atom. The maximum Gasteiger partial charge on any atom is 0.431 e. The number of halogens is 4. The van der Waals surface area contributed by atoms with Gasteiger partial charge >= 0.3 is 6.18 Å². The van der Waals surface area contributed by atoms with Crippen molar-refractivity contribution in [2.75, 3.05) is 0 Å². The van der Waals surface area contributed by atoms with Gasteiger partial charge in [0, 0.05) is 18.9 Å². The molecule has 0 aliphatic rings. The normalized spacial score (nSPS) is 12.2. The van der Waals surface area contributed by atoms with Gasteiger partial charge in [-0.25, -0.2) is 9.97 Å². The summed E-state index contributed by atoms with van der Waals surface area (Å²) >= 11 is 5.84. The highest BCUT2D eigenvalue weighted by Crippen LogP contribution is 2.35. The van der Waals surface area contributed by atoms with Crippen LogP contribution in [0.4, 0.5) is 13.2 Å². The second-order valence-corrected chi connectivity index (χ2v) is 4.71. The van der Waals surface area contributed by atoms with E-state index in [1.54, 1.807) is 23.1 Å². The van der Waals surface area contributed by atoms with Gasteiger partial charge in [-0.05, 0) is 12.1 Å². The fourth-order valence-electron chi connectivity index (χ4n) is 2.13. The molecule has 3 heterocycles. The summed E-state index contributed by atoms with van der Waals surface area (Å²) in [7, 11) is 0. The number of aryl methyl sites for hydroxylation is 2. The summed E-state index contributed by atoms with van der Waals surface area (Å²) in [6, 6.07) is 2.68. The van der Waals surface area contributed by atoms with E-state index in [9.17, 15) is 13.2 Å². The van der Waals surface area contributed by atoms with Crippen molar-refractivity contribution in [3.05, 3.63) is 41.7 Å². The summed E-state index contributed by atoms with van der Waals surface area (Å²) in [6.07, 6.45) is -0.0955. The van der Waals surface area contributed by atoms with Crippen LogP contribution in [0.5, 0.6) is 0 Å². The van der Waals surface area contributed by atoms with Crippen LogP contribution in [0.3, 0.4) is 0 Å². The molecule has 0 N–H and O–H groups in total. The Kier molecular flexibility index (Phi) is 3.32. The molecule has 0 spiro atoms. The second-order valence-electron chi connectivity index (χ2n) is 4.35. The van der Waals surface area contributed by atoms with Crippen LogP contribution in [0, 0.1) is 0 Å². The topological polar surface area (TPSA) is 48.5 Å². The Morgan fingerprint density at radius 3 is 2.67 bits per heavy atom. The zero-order valence-electron chi connectivity index (χ0n) is 10.5. The van der Waals surface area contributed by atoms with Gasteiger partial charge < -0.3 is 4.57 Å². The van der Waals surface area contributed by atoms with Crippen molar-refractivity contribution in [1.82, 2.24) is 24.3 Å². The molecule has 0 aliphatic carbocycles. The molecule has 21 heavy (non-hydrogen) atoms. The van der Waals surface area contributed by atoms with Crippen LogP contribution < -0.4 is 0 Å². The molecule has 0 aromatic carbocycles. The van der Waals surface area contributed by atoms with Gasteiger partial charge in [0.2, 0.25) is 0 Å². The predicted octanol–water partition coefficient (Wildman–Crippen LogP) is 3.00. The number of alkyl halides is 3. The number of nitrogens with zero attached hydrogens (tertiary/aromatic N) is 5. The smallest absolute Gasteiger partial charge is 0.320 e. The van der Waals surface area contributed by atoms with E-state index in [0.29, 0.717) is 6.54 Å². The van der Waals surface area contributed by atoms with E-state index >= 15 is 0 Å². The molecule has 3 rings (SSSR count). The zero-order chi connectivity index (χ0) is 15.0. The van der Waals surface area contributed by atoms with E-state index in [1.807, 2.05) is 0 Å². The van der Waals surface area contributed by atoms with Crippen molar-refractivity contribution in [3.63, 3.8) is 0 Å². The van der Waals surface area contributed by atoms with Crippen molar-refractivity contribution in [3.8, 4) is 0 Å². The molecule has 0 unspecified atom stereocenters. The van der Waals surface area contributed by atoms with Gasteiger partial charge in [-0.3, -0.25) is 4.68 Å². The largest absolute Gasteiger partial charge is 0.431 e. The average Bonchev–Trinajstić information content (AvgIpc) is 3.03. The van der Waals surface area contributed by atoms with Gasteiger partial charge in [0.15, 0.2) is 0 Å². The number of fused-ring (bicyclic) bond motifs is 1. The molecular weight excluding hydrogens is 307 g/mol.